The van der Waals surface area contributed by atoms with Crippen molar-refractivity contribution in [1.82, 2.24) is 13.9 Å². The van der Waals surface area contributed by atoms with Crippen LogP contribution in [0.4, 0.5) is 5.82 Å². The van der Waals surface area contributed by atoms with E-state index in [4.69, 9.17) is 10.5 Å². The van der Waals surface area contributed by atoms with Crippen LogP contribution >= 0.6 is 0 Å². The fraction of sp³-hybridized carbons (Fsp3) is 0.545. The molecule has 1 aromatic heterocycles. The van der Waals surface area contributed by atoms with Gasteiger partial charge in [0.25, 0.3) is 10.0 Å². The lowest BCUT2D eigenvalue weighted by Gasteiger charge is -2.25. The maximum absolute atomic E-state index is 12.5. The summed E-state index contributed by atoms with van der Waals surface area (Å²) in [6.45, 7) is 1.32. The average molecular weight is 286 g/mol. The van der Waals surface area contributed by atoms with E-state index in [2.05, 4.69) is 4.98 Å². The predicted molar refractivity (Wildman–Crippen MR) is 71.0 cm³/mol. The minimum atomic E-state index is -3.60. The third-order valence-electron chi connectivity index (χ3n) is 3.09. The Labute approximate surface area is 112 Å². The van der Waals surface area contributed by atoms with E-state index in [0.29, 0.717) is 26.1 Å². The van der Waals surface area contributed by atoms with Crippen LogP contribution in [-0.4, -0.2) is 49.1 Å². The second kappa shape index (κ2) is 5.32. The van der Waals surface area contributed by atoms with E-state index in [1.807, 2.05) is 6.08 Å². The van der Waals surface area contributed by atoms with Crippen molar-refractivity contribution in [1.29, 1.82) is 0 Å². The summed E-state index contributed by atoms with van der Waals surface area (Å²) in [5.74, 6) is 0.0363. The number of aryl methyl sites for hydroxylation is 1. The number of aromatic nitrogens is 2. The zero-order chi connectivity index (χ0) is 14.0. The molecule has 1 aliphatic heterocycles. The van der Waals surface area contributed by atoms with Crippen LogP contribution < -0.4 is 5.73 Å². The van der Waals surface area contributed by atoms with Crippen molar-refractivity contribution in [3.05, 3.63) is 18.0 Å². The molecule has 2 heterocycles. The van der Waals surface area contributed by atoms with Gasteiger partial charge in [0.05, 0.1) is 12.9 Å². The molecule has 2 rings (SSSR count). The van der Waals surface area contributed by atoms with Gasteiger partial charge in [-0.2, -0.15) is 4.31 Å². The second-order valence-corrected chi connectivity index (χ2v) is 6.31. The monoisotopic (exact) mass is 286 g/mol. The standard InChI is InChI=1S/C11H18N4O3S/c1-14-8-13-10(12)11(14)19(16,17)15-5-3-9(4-6-15)7-18-2/h3,8H,4-7,12H2,1-2H3. The summed E-state index contributed by atoms with van der Waals surface area (Å²) < 4.78 is 32.8. The first-order valence-corrected chi connectivity index (χ1v) is 7.34. The SMILES string of the molecule is COCC1=CCN(S(=O)(=O)c2c(N)ncn2C)CC1. The summed E-state index contributed by atoms with van der Waals surface area (Å²) in [4.78, 5) is 3.82. The molecular weight excluding hydrogens is 268 g/mol. The number of methoxy groups -OCH3 is 1. The minimum absolute atomic E-state index is 0.0363. The number of nitrogen functional groups attached to an aromatic ring is 1. The minimum Gasteiger partial charge on any atom is -0.381 e. The van der Waals surface area contributed by atoms with Gasteiger partial charge in [0, 0.05) is 27.2 Å². The molecule has 0 amide bonds. The summed E-state index contributed by atoms with van der Waals surface area (Å²) in [5, 5.41) is 0.0519. The molecule has 0 aliphatic carbocycles. The molecule has 0 bridgehead atoms. The van der Waals surface area contributed by atoms with Gasteiger partial charge in [0.2, 0.25) is 0 Å². The van der Waals surface area contributed by atoms with Gasteiger partial charge >= 0.3 is 0 Å². The average Bonchev–Trinajstić information content (AvgIpc) is 2.70. The van der Waals surface area contributed by atoms with E-state index < -0.39 is 10.0 Å². The molecule has 2 N–H and O–H groups in total. The van der Waals surface area contributed by atoms with Gasteiger partial charge in [-0.3, -0.25) is 0 Å². The summed E-state index contributed by atoms with van der Waals surface area (Å²) in [7, 11) is -0.352. The zero-order valence-corrected chi connectivity index (χ0v) is 11.9. The Balaban J connectivity index is 2.24. The van der Waals surface area contributed by atoms with Gasteiger partial charge in [-0.1, -0.05) is 6.08 Å². The number of sulfonamides is 1. The van der Waals surface area contributed by atoms with Crippen molar-refractivity contribution in [3.8, 4) is 0 Å². The van der Waals surface area contributed by atoms with Crippen molar-refractivity contribution >= 4 is 15.8 Å². The first-order valence-electron chi connectivity index (χ1n) is 5.90. The summed E-state index contributed by atoms with van der Waals surface area (Å²) >= 11 is 0. The number of rotatable bonds is 4. The lowest BCUT2D eigenvalue weighted by molar-refractivity contribution is 0.219. The number of anilines is 1. The highest BCUT2D eigenvalue weighted by Crippen LogP contribution is 2.23. The first-order chi connectivity index (χ1) is 8.96. The summed E-state index contributed by atoms with van der Waals surface area (Å²) in [6.07, 6.45) is 3.96. The Morgan fingerprint density at radius 2 is 2.26 bits per heavy atom. The Hall–Kier alpha value is -1.38. The molecule has 1 aliphatic rings. The van der Waals surface area contributed by atoms with Gasteiger partial charge in [-0.25, -0.2) is 13.4 Å². The smallest absolute Gasteiger partial charge is 0.262 e. The molecule has 0 saturated carbocycles. The number of hydrogen-bond donors (Lipinski definition) is 1. The van der Waals surface area contributed by atoms with E-state index >= 15 is 0 Å². The maximum Gasteiger partial charge on any atom is 0.262 e. The molecular formula is C11H18N4O3S. The van der Waals surface area contributed by atoms with Crippen molar-refractivity contribution in [2.75, 3.05) is 32.5 Å². The topological polar surface area (TPSA) is 90.4 Å². The highest BCUT2D eigenvalue weighted by atomic mass is 32.2. The van der Waals surface area contributed by atoms with Crippen LogP contribution in [0.3, 0.4) is 0 Å². The third kappa shape index (κ3) is 2.65. The van der Waals surface area contributed by atoms with Crippen LogP contribution in [0.1, 0.15) is 6.42 Å². The van der Waals surface area contributed by atoms with E-state index in [1.165, 1.54) is 15.2 Å². The predicted octanol–water partition coefficient (Wildman–Crippen LogP) is -0.0305. The molecule has 0 atom stereocenters. The Bertz CT molecular complexity index is 572. The van der Waals surface area contributed by atoms with Crippen molar-refractivity contribution in [2.45, 2.75) is 11.4 Å². The van der Waals surface area contributed by atoms with E-state index in [-0.39, 0.29) is 10.8 Å². The van der Waals surface area contributed by atoms with Gasteiger partial charge in [-0.05, 0) is 12.0 Å². The number of ether oxygens (including phenoxy) is 1. The van der Waals surface area contributed by atoms with Crippen molar-refractivity contribution in [2.24, 2.45) is 7.05 Å². The van der Waals surface area contributed by atoms with E-state index in [0.717, 1.165) is 5.57 Å². The van der Waals surface area contributed by atoms with Crippen LogP contribution in [0.25, 0.3) is 0 Å². The molecule has 0 spiro atoms. The zero-order valence-electron chi connectivity index (χ0n) is 11.0. The maximum atomic E-state index is 12.5. The lowest BCUT2D eigenvalue weighted by Crippen LogP contribution is -2.36. The van der Waals surface area contributed by atoms with Gasteiger partial charge in [0.15, 0.2) is 10.8 Å². The van der Waals surface area contributed by atoms with Gasteiger partial charge in [-0.15, -0.1) is 0 Å². The molecule has 0 fully saturated rings. The molecule has 106 valence electrons. The second-order valence-electron chi connectivity index (χ2n) is 4.45. The quantitative estimate of drug-likeness (QED) is 0.785. The van der Waals surface area contributed by atoms with E-state index in [9.17, 15) is 8.42 Å². The van der Waals surface area contributed by atoms with Crippen LogP contribution in [-0.2, 0) is 21.8 Å². The molecule has 8 heteroatoms. The summed E-state index contributed by atoms with van der Waals surface area (Å²) in [5.41, 5.74) is 6.75. The van der Waals surface area contributed by atoms with Gasteiger partial charge in [0.1, 0.15) is 0 Å². The molecule has 0 saturated heterocycles. The van der Waals surface area contributed by atoms with E-state index in [1.54, 1.807) is 14.2 Å². The molecule has 7 nitrogen and oxygen atoms in total. The van der Waals surface area contributed by atoms with Gasteiger partial charge < -0.3 is 15.0 Å². The molecule has 0 aromatic carbocycles. The summed E-state index contributed by atoms with van der Waals surface area (Å²) in [6, 6.07) is 0. The Kier molecular flexibility index (Phi) is 3.93. The normalized spacial score (nSPS) is 17.5. The van der Waals surface area contributed by atoms with Crippen molar-refractivity contribution in [3.63, 3.8) is 0 Å². The van der Waals surface area contributed by atoms with Crippen LogP contribution in [0.15, 0.2) is 23.0 Å². The van der Waals surface area contributed by atoms with Crippen molar-refractivity contribution < 1.29 is 13.2 Å². The number of imidazole rings is 1. The molecule has 1 aromatic rings. The van der Waals surface area contributed by atoms with Crippen LogP contribution in [0, 0.1) is 0 Å². The molecule has 19 heavy (non-hydrogen) atoms. The highest BCUT2D eigenvalue weighted by molar-refractivity contribution is 7.89. The number of nitrogens with zero attached hydrogens (tertiary/aromatic N) is 3. The molecule has 0 unspecified atom stereocenters. The lowest BCUT2D eigenvalue weighted by atomic mass is 10.1. The number of nitrogens with two attached hydrogens (primary N) is 1. The highest BCUT2D eigenvalue weighted by Gasteiger charge is 2.30. The fourth-order valence-corrected chi connectivity index (χ4v) is 3.68. The Morgan fingerprint density at radius 1 is 1.53 bits per heavy atom. The van der Waals surface area contributed by atoms with Crippen LogP contribution in [0.5, 0.6) is 0 Å². The largest absolute Gasteiger partial charge is 0.381 e. The number of hydrogen-bond acceptors (Lipinski definition) is 5. The molecule has 0 radical (unpaired) electrons. The first kappa shape index (κ1) is 14.0. The Morgan fingerprint density at radius 3 is 2.74 bits per heavy atom. The van der Waals surface area contributed by atoms with Crippen LogP contribution in [0.2, 0.25) is 0 Å². The third-order valence-corrected chi connectivity index (χ3v) is 5.09. The fourth-order valence-electron chi connectivity index (χ4n) is 2.10.